The molecule has 1 aromatic carbocycles. The van der Waals surface area contributed by atoms with Crippen LogP contribution < -0.4 is 5.32 Å². The number of nitrogens with one attached hydrogen (secondary N) is 1. The van der Waals surface area contributed by atoms with Crippen molar-refractivity contribution in [2.75, 3.05) is 13.6 Å². The predicted octanol–water partition coefficient (Wildman–Crippen LogP) is 1.88. The average Bonchev–Trinajstić information content (AvgIpc) is 2.26. The van der Waals surface area contributed by atoms with Crippen molar-refractivity contribution in [1.82, 2.24) is 9.62 Å². The van der Waals surface area contributed by atoms with Gasteiger partial charge in [-0.1, -0.05) is 17.7 Å². The Morgan fingerprint density at radius 3 is 2.45 bits per heavy atom. The first-order valence-electron chi connectivity index (χ1n) is 6.05. The second-order valence-electron chi connectivity index (χ2n) is 5.52. The van der Waals surface area contributed by atoms with Crippen LogP contribution in [-0.4, -0.2) is 37.8 Å². The van der Waals surface area contributed by atoms with E-state index >= 15 is 0 Å². The number of sulfonamides is 1. The van der Waals surface area contributed by atoms with E-state index in [1.54, 1.807) is 12.1 Å². The summed E-state index contributed by atoms with van der Waals surface area (Å²) in [4.78, 5) is 11.8. The molecule has 0 saturated heterocycles. The molecular formula is C13H19ClN2O3S. The predicted molar refractivity (Wildman–Crippen MR) is 79.2 cm³/mol. The molecule has 7 heteroatoms. The molecule has 5 nitrogen and oxygen atoms in total. The Hall–Kier alpha value is -1.11. The Kier molecular flexibility index (Phi) is 5.18. The summed E-state index contributed by atoms with van der Waals surface area (Å²) in [5.74, 6) is -0.356. The van der Waals surface area contributed by atoms with Gasteiger partial charge in [-0.05, 0) is 39.0 Å². The number of carbonyl (C=O) groups excluding carboxylic acids is 1. The summed E-state index contributed by atoms with van der Waals surface area (Å²) in [6.07, 6.45) is 0. The number of hydrogen-bond acceptors (Lipinski definition) is 3. The van der Waals surface area contributed by atoms with Crippen LogP contribution in [-0.2, 0) is 14.8 Å². The number of hydrogen-bond donors (Lipinski definition) is 1. The van der Waals surface area contributed by atoms with Crippen LogP contribution in [0.15, 0.2) is 29.2 Å². The molecule has 0 radical (unpaired) electrons. The maximum absolute atomic E-state index is 12.3. The molecule has 112 valence electrons. The molecule has 0 aliphatic rings. The first-order valence-corrected chi connectivity index (χ1v) is 7.87. The van der Waals surface area contributed by atoms with Gasteiger partial charge in [-0.3, -0.25) is 4.79 Å². The highest BCUT2D eigenvalue weighted by Crippen LogP contribution is 2.18. The van der Waals surface area contributed by atoms with Crippen molar-refractivity contribution >= 4 is 27.5 Å². The van der Waals surface area contributed by atoms with E-state index in [1.807, 2.05) is 20.8 Å². The maximum atomic E-state index is 12.3. The van der Waals surface area contributed by atoms with Gasteiger partial charge in [-0.25, -0.2) is 8.42 Å². The Balaban J connectivity index is 2.86. The minimum atomic E-state index is -3.72. The van der Waals surface area contributed by atoms with Crippen molar-refractivity contribution in [3.63, 3.8) is 0 Å². The van der Waals surface area contributed by atoms with Gasteiger partial charge < -0.3 is 5.32 Å². The number of likely N-dealkylation sites (N-methyl/N-ethyl adjacent to an activating group) is 1. The zero-order valence-corrected chi connectivity index (χ0v) is 13.5. The smallest absolute Gasteiger partial charge is 0.243 e. The fourth-order valence-corrected chi connectivity index (χ4v) is 2.98. The quantitative estimate of drug-likeness (QED) is 0.921. The van der Waals surface area contributed by atoms with Gasteiger partial charge in [0.2, 0.25) is 15.9 Å². The van der Waals surface area contributed by atoms with Gasteiger partial charge in [0, 0.05) is 17.6 Å². The summed E-state index contributed by atoms with van der Waals surface area (Å²) in [5, 5.41) is 3.05. The number of nitrogens with zero attached hydrogens (tertiary/aromatic N) is 1. The maximum Gasteiger partial charge on any atom is 0.243 e. The first kappa shape index (κ1) is 16.9. The van der Waals surface area contributed by atoms with E-state index in [2.05, 4.69) is 5.32 Å². The van der Waals surface area contributed by atoms with E-state index in [4.69, 9.17) is 11.6 Å². The van der Waals surface area contributed by atoms with Gasteiger partial charge >= 0.3 is 0 Å². The summed E-state index contributed by atoms with van der Waals surface area (Å²) < 4.78 is 25.5. The summed E-state index contributed by atoms with van der Waals surface area (Å²) in [7, 11) is -2.36. The highest BCUT2D eigenvalue weighted by Gasteiger charge is 2.24. The first-order chi connectivity index (χ1) is 9.02. The molecule has 20 heavy (non-hydrogen) atoms. The molecule has 0 spiro atoms. The highest BCUT2D eigenvalue weighted by molar-refractivity contribution is 7.89. The molecule has 0 atom stereocenters. The molecule has 1 aromatic rings. The van der Waals surface area contributed by atoms with E-state index in [9.17, 15) is 13.2 Å². The Morgan fingerprint density at radius 1 is 1.35 bits per heavy atom. The average molecular weight is 319 g/mol. The molecule has 0 heterocycles. The van der Waals surface area contributed by atoms with Gasteiger partial charge in [0.25, 0.3) is 0 Å². The Bertz CT molecular complexity index is 594. The minimum Gasteiger partial charge on any atom is -0.350 e. The van der Waals surface area contributed by atoms with Crippen molar-refractivity contribution in [2.24, 2.45) is 0 Å². The van der Waals surface area contributed by atoms with Gasteiger partial charge in [0.05, 0.1) is 11.4 Å². The van der Waals surface area contributed by atoms with Gasteiger partial charge in [-0.2, -0.15) is 4.31 Å². The third-order valence-corrected chi connectivity index (χ3v) is 4.42. The van der Waals surface area contributed by atoms with E-state index in [1.165, 1.54) is 19.2 Å². The van der Waals surface area contributed by atoms with Crippen LogP contribution >= 0.6 is 11.6 Å². The Labute approximate surface area is 125 Å². The number of rotatable bonds is 4. The lowest BCUT2D eigenvalue weighted by Gasteiger charge is -2.23. The van der Waals surface area contributed by atoms with Crippen molar-refractivity contribution in [3.05, 3.63) is 29.3 Å². The molecule has 0 unspecified atom stereocenters. The van der Waals surface area contributed by atoms with Crippen LogP contribution in [0.1, 0.15) is 20.8 Å². The van der Waals surface area contributed by atoms with Crippen molar-refractivity contribution in [3.8, 4) is 0 Å². The lowest BCUT2D eigenvalue weighted by molar-refractivity contribution is -0.122. The second-order valence-corrected chi connectivity index (χ2v) is 8.00. The van der Waals surface area contributed by atoms with Crippen molar-refractivity contribution in [2.45, 2.75) is 31.2 Å². The molecule has 1 amide bonds. The fraction of sp³-hybridized carbons (Fsp3) is 0.462. The molecule has 0 aliphatic heterocycles. The van der Waals surface area contributed by atoms with Crippen LogP contribution in [0.3, 0.4) is 0 Å². The van der Waals surface area contributed by atoms with Crippen LogP contribution in [0.25, 0.3) is 0 Å². The Morgan fingerprint density at radius 2 is 1.95 bits per heavy atom. The molecule has 0 aromatic heterocycles. The fourth-order valence-electron chi connectivity index (χ4n) is 1.55. The third kappa shape index (κ3) is 4.77. The second kappa shape index (κ2) is 6.11. The molecule has 0 bridgehead atoms. The SMILES string of the molecule is CN(CC(=O)NC(C)(C)C)S(=O)(=O)c1cccc(Cl)c1. The molecular weight excluding hydrogens is 300 g/mol. The van der Waals surface area contributed by atoms with E-state index in [-0.39, 0.29) is 17.3 Å². The minimum absolute atomic E-state index is 0.0658. The molecule has 1 N–H and O–H groups in total. The zero-order chi connectivity index (χ0) is 15.6. The largest absolute Gasteiger partial charge is 0.350 e. The van der Waals surface area contributed by atoms with E-state index in [0.717, 1.165) is 4.31 Å². The topological polar surface area (TPSA) is 66.5 Å². The number of amides is 1. The standard InChI is InChI=1S/C13H19ClN2O3S/c1-13(2,3)15-12(17)9-16(4)20(18,19)11-7-5-6-10(14)8-11/h5-8H,9H2,1-4H3,(H,15,17). The van der Waals surface area contributed by atoms with Crippen LogP contribution in [0.4, 0.5) is 0 Å². The summed E-state index contributed by atoms with van der Waals surface area (Å²) in [5.41, 5.74) is -0.405. The van der Waals surface area contributed by atoms with Crippen molar-refractivity contribution in [1.29, 1.82) is 0 Å². The highest BCUT2D eigenvalue weighted by atomic mass is 35.5. The van der Waals surface area contributed by atoms with Crippen LogP contribution in [0.2, 0.25) is 5.02 Å². The lowest BCUT2D eigenvalue weighted by atomic mass is 10.1. The number of carbonyl (C=O) groups is 1. The normalized spacial score (nSPS) is 12.5. The molecule has 0 fully saturated rings. The third-order valence-electron chi connectivity index (χ3n) is 2.38. The van der Waals surface area contributed by atoms with Crippen LogP contribution in [0.5, 0.6) is 0 Å². The van der Waals surface area contributed by atoms with Gasteiger partial charge in [0.1, 0.15) is 0 Å². The molecule has 1 rings (SSSR count). The number of benzene rings is 1. The monoisotopic (exact) mass is 318 g/mol. The molecule has 0 saturated carbocycles. The van der Waals surface area contributed by atoms with Crippen molar-refractivity contribution < 1.29 is 13.2 Å². The van der Waals surface area contributed by atoms with Crippen LogP contribution in [0, 0.1) is 0 Å². The summed E-state index contributed by atoms with van der Waals surface area (Å²) in [6.45, 7) is 5.25. The van der Waals surface area contributed by atoms with Gasteiger partial charge in [0.15, 0.2) is 0 Å². The lowest BCUT2D eigenvalue weighted by Crippen LogP contribution is -2.46. The van der Waals surface area contributed by atoms with Gasteiger partial charge in [-0.15, -0.1) is 0 Å². The van der Waals surface area contributed by atoms with E-state index < -0.39 is 15.6 Å². The molecule has 0 aliphatic carbocycles. The summed E-state index contributed by atoms with van der Waals surface area (Å²) in [6, 6.07) is 5.94. The summed E-state index contributed by atoms with van der Waals surface area (Å²) >= 11 is 5.79. The number of halogens is 1. The zero-order valence-electron chi connectivity index (χ0n) is 12.0. The van der Waals surface area contributed by atoms with E-state index in [0.29, 0.717) is 5.02 Å².